The van der Waals surface area contributed by atoms with Crippen LogP contribution in [0.5, 0.6) is 0 Å². The Morgan fingerprint density at radius 2 is 2.12 bits per heavy atom. The van der Waals surface area contributed by atoms with Gasteiger partial charge in [-0.15, -0.1) is 0 Å². The summed E-state index contributed by atoms with van der Waals surface area (Å²) in [5.41, 5.74) is 0.677. The number of carbonyl (C=O) groups excluding carboxylic acids is 1. The number of fused-ring (bicyclic) bond motifs is 1. The van der Waals surface area contributed by atoms with Gasteiger partial charge in [-0.05, 0) is 41.0 Å². The lowest BCUT2D eigenvalue weighted by molar-refractivity contribution is 0.101. The number of hydrogen-bond acceptors (Lipinski definition) is 2. The highest BCUT2D eigenvalue weighted by molar-refractivity contribution is 6.05. The van der Waals surface area contributed by atoms with Crippen molar-refractivity contribution < 1.29 is 18.0 Å². The molecule has 0 aliphatic heterocycles. The maximum atomic E-state index is 14.3. The number of anilines is 1. The molecule has 0 radical (unpaired) electrons. The quantitative estimate of drug-likeness (QED) is 0.865. The average Bonchev–Trinajstić information content (AvgIpc) is 3.05. The summed E-state index contributed by atoms with van der Waals surface area (Å²) in [6.07, 6.45) is -1.02. The fourth-order valence-corrected chi connectivity index (χ4v) is 3.70. The molecular weight excluding hydrogens is 319 g/mol. The summed E-state index contributed by atoms with van der Waals surface area (Å²) in [6.45, 7) is 5.87. The normalized spacial score (nSPS) is 18.7. The van der Waals surface area contributed by atoms with Crippen molar-refractivity contribution in [3.63, 3.8) is 0 Å². The molecule has 2 aromatic rings. The molecule has 0 spiro atoms. The number of hydrogen-bond donors (Lipinski definition) is 2. The molecule has 128 valence electrons. The van der Waals surface area contributed by atoms with E-state index < -0.39 is 18.0 Å². The number of aromatic amines is 1. The molecule has 7 heteroatoms. The van der Waals surface area contributed by atoms with Crippen LogP contribution in [0.4, 0.5) is 18.9 Å². The van der Waals surface area contributed by atoms with E-state index in [1.807, 2.05) is 20.8 Å². The van der Waals surface area contributed by atoms with Crippen molar-refractivity contribution in [1.29, 1.82) is 0 Å². The summed E-state index contributed by atoms with van der Waals surface area (Å²) in [7, 11) is 0. The van der Waals surface area contributed by atoms with Gasteiger partial charge >= 0.3 is 0 Å². The molecule has 0 bridgehead atoms. The number of nitrogens with one attached hydrogen (secondary N) is 2. The number of rotatable bonds is 3. The second-order valence-corrected chi connectivity index (χ2v) is 6.82. The van der Waals surface area contributed by atoms with Crippen LogP contribution < -0.4 is 5.32 Å². The Hall–Kier alpha value is -2.31. The molecule has 1 amide bonds. The van der Waals surface area contributed by atoms with E-state index in [-0.39, 0.29) is 22.7 Å². The highest BCUT2D eigenvalue weighted by Crippen LogP contribution is 2.49. The van der Waals surface area contributed by atoms with Gasteiger partial charge in [0.1, 0.15) is 11.5 Å². The van der Waals surface area contributed by atoms with Gasteiger partial charge in [0.15, 0.2) is 0 Å². The lowest BCUT2D eigenvalue weighted by Gasteiger charge is -2.20. The summed E-state index contributed by atoms with van der Waals surface area (Å²) >= 11 is 0. The first-order valence-electron chi connectivity index (χ1n) is 7.68. The van der Waals surface area contributed by atoms with Gasteiger partial charge in [-0.1, -0.05) is 20.8 Å². The summed E-state index contributed by atoms with van der Waals surface area (Å²) in [6, 6.07) is 2.78. The zero-order valence-corrected chi connectivity index (χ0v) is 13.6. The number of H-pyrrole nitrogens is 1. The highest BCUT2D eigenvalue weighted by Gasteiger charge is 2.39. The topological polar surface area (TPSA) is 57.8 Å². The molecule has 1 aliphatic carbocycles. The van der Waals surface area contributed by atoms with Crippen LogP contribution in [0.1, 0.15) is 66.7 Å². The third-order valence-electron chi connectivity index (χ3n) is 4.56. The molecule has 2 N–H and O–H groups in total. The molecule has 1 unspecified atom stereocenters. The molecule has 3 rings (SSSR count). The molecule has 1 heterocycles. The van der Waals surface area contributed by atoms with Crippen LogP contribution in [-0.4, -0.2) is 16.1 Å². The van der Waals surface area contributed by atoms with Gasteiger partial charge in [0, 0.05) is 5.69 Å². The largest absolute Gasteiger partial charge is 0.322 e. The molecule has 0 saturated carbocycles. The first kappa shape index (κ1) is 16.5. The second kappa shape index (κ2) is 5.65. The average molecular weight is 337 g/mol. The Balaban J connectivity index is 1.99. The van der Waals surface area contributed by atoms with E-state index in [0.717, 1.165) is 18.2 Å². The van der Waals surface area contributed by atoms with Crippen LogP contribution >= 0.6 is 0 Å². The van der Waals surface area contributed by atoms with Crippen molar-refractivity contribution in [2.75, 3.05) is 5.32 Å². The molecule has 4 nitrogen and oxygen atoms in total. The lowest BCUT2D eigenvalue weighted by Crippen LogP contribution is -2.17. The Labute approximate surface area is 137 Å². The van der Waals surface area contributed by atoms with E-state index >= 15 is 0 Å². The number of amides is 1. The Morgan fingerprint density at radius 1 is 1.42 bits per heavy atom. The van der Waals surface area contributed by atoms with Crippen LogP contribution in [0.25, 0.3) is 0 Å². The number of halogens is 3. The number of nitrogens with zero attached hydrogens (tertiary/aromatic N) is 1. The van der Waals surface area contributed by atoms with Crippen LogP contribution in [0.15, 0.2) is 18.3 Å². The van der Waals surface area contributed by atoms with E-state index in [1.54, 1.807) is 0 Å². The predicted molar refractivity (Wildman–Crippen MR) is 84.0 cm³/mol. The minimum absolute atomic E-state index is 0.0555. The van der Waals surface area contributed by atoms with Gasteiger partial charge in [-0.25, -0.2) is 13.2 Å². The van der Waals surface area contributed by atoms with Gasteiger partial charge < -0.3 is 5.32 Å². The molecule has 0 fully saturated rings. The number of aromatic nitrogens is 2. The van der Waals surface area contributed by atoms with Crippen LogP contribution in [0.3, 0.4) is 0 Å². The monoisotopic (exact) mass is 337 g/mol. The third-order valence-corrected chi connectivity index (χ3v) is 4.56. The zero-order valence-electron chi connectivity index (χ0n) is 13.6. The summed E-state index contributed by atoms with van der Waals surface area (Å²) in [5.74, 6) is -0.946. The fourth-order valence-electron chi connectivity index (χ4n) is 3.70. The second-order valence-electron chi connectivity index (χ2n) is 6.82. The van der Waals surface area contributed by atoms with Gasteiger partial charge in [0.25, 0.3) is 12.3 Å². The lowest BCUT2D eigenvalue weighted by atomic mass is 9.85. The minimum atomic E-state index is -2.83. The Morgan fingerprint density at radius 3 is 2.79 bits per heavy atom. The fraction of sp³-hybridized carbons (Fsp3) is 0.412. The molecule has 1 aliphatic rings. The minimum Gasteiger partial charge on any atom is -0.322 e. The first-order chi connectivity index (χ1) is 11.2. The van der Waals surface area contributed by atoms with Crippen molar-refractivity contribution in [3.8, 4) is 0 Å². The number of carbonyl (C=O) groups is 1. The van der Waals surface area contributed by atoms with E-state index in [4.69, 9.17) is 0 Å². The number of alkyl halides is 2. The third kappa shape index (κ3) is 2.57. The Kier molecular flexibility index (Phi) is 3.89. The number of benzene rings is 1. The van der Waals surface area contributed by atoms with Crippen molar-refractivity contribution in [3.05, 3.63) is 46.5 Å². The SMILES string of the molecule is CC1CC(C)(C)c2c(F)ccc(NC(=O)c3cn[nH]c3C(F)F)c21. The predicted octanol–water partition coefficient (Wildman–Crippen LogP) is 4.52. The summed E-state index contributed by atoms with van der Waals surface area (Å²) in [4.78, 5) is 12.4. The standard InChI is InChI=1S/C17H18F3N3O/c1-8-6-17(2,3)13-10(18)4-5-11(12(8)13)22-16(24)9-7-21-23-14(9)15(19)20/h4-5,7-8,15H,6H2,1-3H3,(H,21,23)(H,22,24). The smallest absolute Gasteiger partial charge is 0.280 e. The molecule has 1 aromatic heterocycles. The van der Waals surface area contributed by atoms with Gasteiger partial charge in [0.2, 0.25) is 0 Å². The molecule has 1 atom stereocenters. The van der Waals surface area contributed by atoms with Crippen LogP contribution in [-0.2, 0) is 5.41 Å². The maximum Gasteiger partial charge on any atom is 0.280 e. The zero-order chi connectivity index (χ0) is 17.6. The molecule has 0 saturated heterocycles. The Bertz CT molecular complexity index is 798. The van der Waals surface area contributed by atoms with Gasteiger partial charge in [0.05, 0.1) is 11.8 Å². The van der Waals surface area contributed by atoms with Crippen LogP contribution in [0.2, 0.25) is 0 Å². The molecular formula is C17H18F3N3O. The van der Waals surface area contributed by atoms with Crippen molar-refractivity contribution >= 4 is 11.6 Å². The van der Waals surface area contributed by atoms with Crippen LogP contribution in [0, 0.1) is 5.82 Å². The first-order valence-corrected chi connectivity index (χ1v) is 7.68. The summed E-state index contributed by atoms with van der Waals surface area (Å²) < 4.78 is 40.1. The van der Waals surface area contributed by atoms with E-state index in [0.29, 0.717) is 11.3 Å². The van der Waals surface area contributed by atoms with Crippen molar-refractivity contribution in [2.45, 2.75) is 45.0 Å². The van der Waals surface area contributed by atoms with E-state index in [1.165, 1.54) is 12.1 Å². The highest BCUT2D eigenvalue weighted by atomic mass is 19.3. The maximum absolute atomic E-state index is 14.3. The van der Waals surface area contributed by atoms with Gasteiger partial charge in [-0.3, -0.25) is 9.89 Å². The summed E-state index contributed by atoms with van der Waals surface area (Å²) in [5, 5.41) is 8.28. The van der Waals surface area contributed by atoms with E-state index in [2.05, 4.69) is 15.5 Å². The molecule has 24 heavy (non-hydrogen) atoms. The van der Waals surface area contributed by atoms with E-state index in [9.17, 15) is 18.0 Å². The van der Waals surface area contributed by atoms with Crippen molar-refractivity contribution in [1.82, 2.24) is 10.2 Å². The molecule has 1 aromatic carbocycles. The van der Waals surface area contributed by atoms with Gasteiger partial charge in [-0.2, -0.15) is 5.10 Å². The van der Waals surface area contributed by atoms with Crippen molar-refractivity contribution in [2.24, 2.45) is 0 Å².